The molecule has 3 nitrogen and oxygen atoms in total. The molecule has 0 unspecified atom stereocenters. The molecule has 0 atom stereocenters. The van der Waals surface area contributed by atoms with Gasteiger partial charge in [-0.05, 0) is 36.4 Å². The summed E-state index contributed by atoms with van der Waals surface area (Å²) in [5.74, 6) is 1.61. The number of ether oxygens (including phenoxy) is 1. The Morgan fingerprint density at radius 2 is 1.52 bits per heavy atom. The Morgan fingerprint density at radius 3 is 2.28 bits per heavy atom. The van der Waals surface area contributed by atoms with Crippen molar-refractivity contribution in [2.45, 2.75) is 0 Å². The van der Waals surface area contributed by atoms with Crippen molar-refractivity contribution in [3.8, 4) is 17.1 Å². The Labute approximate surface area is 145 Å². The van der Waals surface area contributed by atoms with Crippen LogP contribution in [0.15, 0.2) is 94.3 Å². The van der Waals surface area contributed by atoms with E-state index in [-0.39, 0.29) is 0 Å². The number of nitrogens with zero attached hydrogens (tertiary/aromatic N) is 1. The fourth-order valence-electron chi connectivity index (χ4n) is 2.75. The monoisotopic (exact) mass is 327 g/mol. The molecular weight excluding hydrogens is 310 g/mol. The normalized spacial score (nSPS) is 11.6. The van der Waals surface area contributed by atoms with Gasteiger partial charge in [0, 0.05) is 17.0 Å². The molecule has 0 bridgehead atoms. The van der Waals surface area contributed by atoms with Crippen molar-refractivity contribution in [3.63, 3.8) is 0 Å². The van der Waals surface area contributed by atoms with Crippen molar-refractivity contribution in [1.82, 2.24) is 0 Å². The Bertz CT molecular complexity index is 1060. The second-order valence-electron chi connectivity index (χ2n) is 5.67. The molecule has 0 N–H and O–H groups in total. The van der Waals surface area contributed by atoms with Crippen LogP contribution in [-0.4, -0.2) is 7.11 Å². The molecule has 1 aromatic heterocycles. The highest BCUT2D eigenvalue weighted by Crippen LogP contribution is 2.23. The highest BCUT2D eigenvalue weighted by molar-refractivity contribution is 5.78. The summed E-state index contributed by atoms with van der Waals surface area (Å²) in [6.07, 6.45) is 0. The van der Waals surface area contributed by atoms with Crippen LogP contribution in [0, 0.1) is 0 Å². The molecule has 0 amide bonds. The summed E-state index contributed by atoms with van der Waals surface area (Å²) in [6.45, 7) is 0. The van der Waals surface area contributed by atoms with Crippen LogP contribution in [0.1, 0.15) is 0 Å². The van der Waals surface area contributed by atoms with E-state index in [0.717, 1.165) is 39.1 Å². The molecule has 3 aromatic carbocycles. The van der Waals surface area contributed by atoms with Crippen LogP contribution < -0.4 is 10.1 Å². The summed E-state index contributed by atoms with van der Waals surface area (Å²) < 4.78 is 11.3. The van der Waals surface area contributed by atoms with E-state index in [4.69, 9.17) is 14.1 Å². The Balaban J connectivity index is 1.93. The average molecular weight is 327 g/mol. The van der Waals surface area contributed by atoms with Crippen LogP contribution in [0.25, 0.3) is 22.3 Å². The van der Waals surface area contributed by atoms with Gasteiger partial charge in [0.05, 0.1) is 18.2 Å². The number of fused-ring (bicyclic) bond motifs is 1. The van der Waals surface area contributed by atoms with Crippen LogP contribution in [0.2, 0.25) is 0 Å². The maximum absolute atomic E-state index is 6.08. The Hall–Kier alpha value is -3.33. The molecule has 0 saturated carbocycles. The van der Waals surface area contributed by atoms with E-state index < -0.39 is 0 Å². The van der Waals surface area contributed by atoms with Gasteiger partial charge in [-0.1, -0.05) is 42.5 Å². The fraction of sp³-hybridized carbons (Fsp3) is 0.0455. The van der Waals surface area contributed by atoms with Crippen LogP contribution in [-0.2, 0) is 0 Å². The second-order valence-corrected chi connectivity index (χ2v) is 5.67. The molecule has 0 aliphatic heterocycles. The number of hydrogen-bond acceptors (Lipinski definition) is 3. The van der Waals surface area contributed by atoms with Crippen molar-refractivity contribution in [2.24, 2.45) is 4.99 Å². The molecule has 4 rings (SSSR count). The average Bonchev–Trinajstić information content (AvgIpc) is 2.69. The largest absolute Gasteiger partial charge is 0.497 e. The third-order valence-electron chi connectivity index (χ3n) is 4.03. The van der Waals surface area contributed by atoms with E-state index in [1.54, 1.807) is 7.11 Å². The lowest BCUT2D eigenvalue weighted by atomic mass is 10.1. The quantitative estimate of drug-likeness (QED) is 0.509. The Morgan fingerprint density at radius 1 is 0.800 bits per heavy atom. The second kappa shape index (κ2) is 6.65. The molecular formula is C22H17NO2. The van der Waals surface area contributed by atoms with Gasteiger partial charge in [0.15, 0.2) is 0 Å². The maximum atomic E-state index is 6.08. The molecule has 0 fully saturated rings. The van der Waals surface area contributed by atoms with Gasteiger partial charge in [0.25, 0.3) is 0 Å². The first-order chi connectivity index (χ1) is 12.3. The van der Waals surface area contributed by atoms with Gasteiger partial charge >= 0.3 is 0 Å². The predicted molar refractivity (Wildman–Crippen MR) is 99.9 cm³/mol. The molecule has 3 heteroatoms. The van der Waals surface area contributed by atoms with Gasteiger partial charge in [-0.15, -0.1) is 0 Å². The SMILES string of the molecule is COc1ccc(N=c2cc(-c3ccccc3)oc3ccccc23)cc1. The molecule has 122 valence electrons. The van der Waals surface area contributed by atoms with Crippen molar-refractivity contribution in [1.29, 1.82) is 0 Å². The lowest BCUT2D eigenvalue weighted by Gasteiger charge is -2.05. The van der Waals surface area contributed by atoms with Crippen molar-refractivity contribution in [2.75, 3.05) is 7.11 Å². The van der Waals surface area contributed by atoms with Crippen molar-refractivity contribution in [3.05, 3.63) is 90.3 Å². The number of methoxy groups -OCH3 is 1. The molecule has 25 heavy (non-hydrogen) atoms. The summed E-state index contributed by atoms with van der Waals surface area (Å²) in [5.41, 5.74) is 2.71. The first kappa shape index (κ1) is 15.2. The molecule has 0 aliphatic carbocycles. The summed E-state index contributed by atoms with van der Waals surface area (Å²) in [7, 11) is 1.66. The first-order valence-electron chi connectivity index (χ1n) is 8.10. The highest BCUT2D eigenvalue weighted by atomic mass is 16.5. The van der Waals surface area contributed by atoms with Crippen molar-refractivity contribution < 1.29 is 9.15 Å². The summed E-state index contributed by atoms with van der Waals surface area (Å²) in [4.78, 5) is 4.82. The lowest BCUT2D eigenvalue weighted by Crippen LogP contribution is -2.02. The minimum atomic E-state index is 0.798. The topological polar surface area (TPSA) is 34.7 Å². The highest BCUT2D eigenvalue weighted by Gasteiger charge is 2.05. The minimum absolute atomic E-state index is 0.798. The third-order valence-corrected chi connectivity index (χ3v) is 4.03. The molecule has 1 heterocycles. The smallest absolute Gasteiger partial charge is 0.136 e. The fourth-order valence-corrected chi connectivity index (χ4v) is 2.75. The molecule has 0 saturated heterocycles. The number of para-hydroxylation sites is 1. The van der Waals surface area contributed by atoms with Gasteiger partial charge < -0.3 is 9.15 Å². The lowest BCUT2D eigenvalue weighted by molar-refractivity contribution is 0.415. The van der Waals surface area contributed by atoms with E-state index in [2.05, 4.69) is 0 Å². The van der Waals surface area contributed by atoms with E-state index in [1.165, 1.54) is 0 Å². The van der Waals surface area contributed by atoms with E-state index in [0.29, 0.717) is 0 Å². The summed E-state index contributed by atoms with van der Waals surface area (Å²) >= 11 is 0. The Kier molecular flexibility index (Phi) is 4.05. The first-order valence-corrected chi connectivity index (χ1v) is 8.10. The van der Waals surface area contributed by atoms with E-state index in [1.807, 2.05) is 84.9 Å². The van der Waals surface area contributed by atoms with Gasteiger partial charge in [-0.2, -0.15) is 0 Å². The van der Waals surface area contributed by atoms with Crippen molar-refractivity contribution >= 4 is 16.7 Å². The predicted octanol–water partition coefficient (Wildman–Crippen LogP) is 5.34. The standard InChI is InChI=1S/C22H17NO2/c1-24-18-13-11-17(12-14-18)23-20-15-22(16-7-3-2-4-8-16)25-21-10-6-5-9-19(20)21/h2-15H,1H3. The summed E-state index contributed by atoms with van der Waals surface area (Å²) in [6, 6.07) is 27.7. The molecule has 0 aliphatic rings. The van der Waals surface area contributed by atoms with Gasteiger partial charge in [0.1, 0.15) is 17.1 Å². The number of hydrogen-bond donors (Lipinski definition) is 0. The zero-order valence-electron chi connectivity index (χ0n) is 13.8. The minimum Gasteiger partial charge on any atom is -0.497 e. The van der Waals surface area contributed by atoms with Crippen LogP contribution in [0.4, 0.5) is 5.69 Å². The van der Waals surface area contributed by atoms with E-state index >= 15 is 0 Å². The van der Waals surface area contributed by atoms with E-state index in [9.17, 15) is 0 Å². The molecule has 0 radical (unpaired) electrons. The maximum Gasteiger partial charge on any atom is 0.136 e. The van der Waals surface area contributed by atoms with Gasteiger partial charge in [-0.3, -0.25) is 0 Å². The van der Waals surface area contributed by atoms with Gasteiger partial charge in [0.2, 0.25) is 0 Å². The van der Waals surface area contributed by atoms with Crippen LogP contribution in [0.3, 0.4) is 0 Å². The van der Waals surface area contributed by atoms with Crippen LogP contribution in [0.5, 0.6) is 5.75 Å². The number of rotatable bonds is 3. The molecule has 4 aromatic rings. The number of benzene rings is 3. The third kappa shape index (κ3) is 3.17. The van der Waals surface area contributed by atoms with Gasteiger partial charge in [-0.25, -0.2) is 4.99 Å². The van der Waals surface area contributed by atoms with Crippen LogP contribution >= 0.6 is 0 Å². The summed E-state index contributed by atoms with van der Waals surface area (Å²) in [5, 5.41) is 1.86. The molecule has 0 spiro atoms. The zero-order valence-corrected chi connectivity index (χ0v) is 13.8. The zero-order chi connectivity index (χ0) is 17.1.